The monoisotopic (exact) mass is 305 g/mol. The Bertz CT molecular complexity index is 778. The number of benzene rings is 2. The number of nitrogens with zero attached hydrogens (tertiary/aromatic N) is 1. The van der Waals surface area contributed by atoms with Crippen LogP contribution in [0.3, 0.4) is 0 Å². The molecule has 20 heavy (non-hydrogen) atoms. The second-order valence-corrected chi connectivity index (χ2v) is 6.12. The summed E-state index contributed by atoms with van der Waals surface area (Å²) >= 11 is 5.90. The molecule has 0 aromatic heterocycles. The minimum Gasteiger partial charge on any atom is -0.280 e. The van der Waals surface area contributed by atoms with Gasteiger partial charge in [-0.15, -0.1) is 0 Å². The molecule has 101 valence electrons. The second kappa shape index (κ2) is 5.53. The Balaban J connectivity index is 2.36. The lowest BCUT2D eigenvalue weighted by atomic mass is 10.2. The Hall–Kier alpha value is -2.03. The Morgan fingerprint density at radius 1 is 1.15 bits per heavy atom. The van der Waals surface area contributed by atoms with Crippen molar-refractivity contribution < 1.29 is 8.42 Å². The summed E-state index contributed by atoms with van der Waals surface area (Å²) in [6.07, 6.45) is 0. The predicted molar refractivity (Wildman–Crippen MR) is 77.9 cm³/mol. The van der Waals surface area contributed by atoms with Crippen LogP contribution in [0.15, 0.2) is 47.4 Å². The predicted octanol–water partition coefficient (Wildman–Crippen LogP) is 3.19. The van der Waals surface area contributed by atoms with E-state index < -0.39 is 10.0 Å². The fraction of sp³-hybridized carbons (Fsp3) is 0. The smallest absolute Gasteiger partial charge is 0.263 e. The van der Waals surface area contributed by atoms with Crippen molar-refractivity contribution in [2.75, 3.05) is 4.72 Å². The van der Waals surface area contributed by atoms with Gasteiger partial charge in [0, 0.05) is 5.69 Å². The molecule has 0 saturated carbocycles. The third-order valence-corrected chi connectivity index (χ3v) is 4.42. The summed E-state index contributed by atoms with van der Waals surface area (Å²) in [6.45, 7) is 3.72. The highest BCUT2D eigenvalue weighted by atomic mass is 35.5. The van der Waals surface area contributed by atoms with Crippen molar-refractivity contribution in [2.45, 2.75) is 4.90 Å². The summed E-state index contributed by atoms with van der Waals surface area (Å²) in [5, 5.41) is 8.74. The maximum Gasteiger partial charge on any atom is 0.263 e. The average Bonchev–Trinajstić information content (AvgIpc) is 2.40. The molecule has 4 nitrogen and oxygen atoms in total. The molecule has 0 aliphatic rings. The topological polar surface area (TPSA) is 70.0 Å². The van der Waals surface area contributed by atoms with Gasteiger partial charge in [-0.2, -0.15) is 5.26 Å². The Morgan fingerprint density at radius 3 is 2.35 bits per heavy atom. The summed E-state index contributed by atoms with van der Waals surface area (Å²) in [5.41, 5.74) is 1.50. The molecule has 0 heterocycles. The van der Waals surface area contributed by atoms with Crippen LogP contribution in [-0.4, -0.2) is 8.42 Å². The van der Waals surface area contributed by atoms with E-state index in [-0.39, 0.29) is 9.92 Å². The van der Waals surface area contributed by atoms with Crippen molar-refractivity contribution in [3.8, 4) is 6.07 Å². The fourth-order valence-electron chi connectivity index (χ4n) is 1.57. The third kappa shape index (κ3) is 3.10. The number of nitriles is 1. The lowest BCUT2D eigenvalue weighted by molar-refractivity contribution is 0.601. The van der Waals surface area contributed by atoms with Gasteiger partial charge in [0.2, 0.25) is 0 Å². The van der Waals surface area contributed by atoms with E-state index in [9.17, 15) is 8.42 Å². The van der Waals surface area contributed by atoms with Crippen LogP contribution in [-0.2, 0) is 10.0 Å². The van der Waals surface area contributed by atoms with Crippen molar-refractivity contribution in [1.29, 1.82) is 5.26 Å². The Morgan fingerprint density at radius 2 is 1.80 bits per heavy atom. The molecule has 0 atom stereocenters. The van der Waals surface area contributed by atoms with E-state index in [1.807, 2.05) is 6.07 Å². The Labute approximate surface area is 122 Å². The first kappa shape index (κ1) is 14.4. The van der Waals surface area contributed by atoms with E-state index in [0.29, 0.717) is 11.3 Å². The number of sulfonamides is 1. The van der Waals surface area contributed by atoms with E-state index in [2.05, 4.69) is 11.6 Å². The standard InChI is InChI=1S/C14H10ClN2O2S/c1-10-2-5-12(6-3-10)17-20(18,19)14-7-4-11(9-16)8-13(14)15/h2-8,17H,1H2. The molecule has 1 N–H and O–H groups in total. The molecule has 2 aromatic carbocycles. The highest BCUT2D eigenvalue weighted by molar-refractivity contribution is 7.92. The van der Waals surface area contributed by atoms with Crippen LogP contribution in [0, 0.1) is 18.3 Å². The van der Waals surface area contributed by atoms with E-state index in [0.717, 1.165) is 5.56 Å². The molecular formula is C14H10ClN2O2S. The highest BCUT2D eigenvalue weighted by Crippen LogP contribution is 2.24. The van der Waals surface area contributed by atoms with Crippen LogP contribution in [0.2, 0.25) is 5.02 Å². The van der Waals surface area contributed by atoms with Crippen LogP contribution < -0.4 is 4.72 Å². The SMILES string of the molecule is [CH2]c1ccc(NS(=O)(=O)c2ccc(C#N)cc2Cl)cc1. The number of hydrogen-bond acceptors (Lipinski definition) is 3. The summed E-state index contributed by atoms with van der Waals surface area (Å²) < 4.78 is 26.8. The van der Waals surface area contributed by atoms with Gasteiger partial charge >= 0.3 is 0 Å². The van der Waals surface area contributed by atoms with Crippen LogP contribution >= 0.6 is 11.6 Å². The van der Waals surface area contributed by atoms with E-state index >= 15 is 0 Å². The van der Waals surface area contributed by atoms with Gasteiger partial charge in [0.15, 0.2) is 0 Å². The van der Waals surface area contributed by atoms with Gasteiger partial charge < -0.3 is 0 Å². The number of anilines is 1. The summed E-state index contributed by atoms with van der Waals surface area (Å²) in [6, 6.07) is 12.5. The van der Waals surface area contributed by atoms with Gasteiger partial charge in [0.05, 0.1) is 16.7 Å². The van der Waals surface area contributed by atoms with Gasteiger partial charge in [0.1, 0.15) is 4.90 Å². The number of halogens is 1. The van der Waals surface area contributed by atoms with Gasteiger partial charge in [0.25, 0.3) is 10.0 Å². The quantitative estimate of drug-likeness (QED) is 0.946. The molecule has 0 fully saturated rings. The van der Waals surface area contributed by atoms with Crippen LogP contribution in [0.25, 0.3) is 0 Å². The second-order valence-electron chi connectivity index (χ2n) is 4.06. The zero-order valence-corrected chi connectivity index (χ0v) is 11.9. The van der Waals surface area contributed by atoms with Crippen LogP contribution in [0.5, 0.6) is 0 Å². The maximum absolute atomic E-state index is 12.2. The van der Waals surface area contributed by atoms with Gasteiger partial charge in [-0.25, -0.2) is 8.42 Å². The third-order valence-electron chi connectivity index (χ3n) is 2.56. The molecule has 0 amide bonds. The summed E-state index contributed by atoms with van der Waals surface area (Å²) in [4.78, 5) is -0.0723. The molecule has 0 saturated heterocycles. The lowest BCUT2D eigenvalue weighted by Gasteiger charge is -2.09. The largest absolute Gasteiger partial charge is 0.280 e. The first-order valence-electron chi connectivity index (χ1n) is 5.57. The van der Waals surface area contributed by atoms with Crippen LogP contribution in [0.4, 0.5) is 5.69 Å². The summed E-state index contributed by atoms with van der Waals surface area (Å²) in [5.74, 6) is 0. The average molecular weight is 306 g/mol. The zero-order chi connectivity index (χ0) is 14.8. The minimum absolute atomic E-state index is 0.00493. The first-order chi connectivity index (χ1) is 9.42. The maximum atomic E-state index is 12.2. The highest BCUT2D eigenvalue weighted by Gasteiger charge is 2.18. The molecule has 0 spiro atoms. The molecule has 0 aliphatic carbocycles. The van der Waals surface area contributed by atoms with E-state index in [1.165, 1.54) is 18.2 Å². The van der Waals surface area contributed by atoms with E-state index in [4.69, 9.17) is 16.9 Å². The van der Waals surface area contributed by atoms with E-state index in [1.54, 1.807) is 24.3 Å². The number of rotatable bonds is 3. The van der Waals surface area contributed by atoms with Gasteiger partial charge in [-0.1, -0.05) is 23.7 Å². The van der Waals surface area contributed by atoms with Gasteiger partial charge in [-0.05, 0) is 42.8 Å². The molecule has 2 aromatic rings. The molecule has 0 bridgehead atoms. The minimum atomic E-state index is -3.79. The molecule has 1 radical (unpaired) electrons. The van der Waals surface area contributed by atoms with Crippen molar-refractivity contribution in [2.24, 2.45) is 0 Å². The van der Waals surface area contributed by atoms with Crippen molar-refractivity contribution in [3.63, 3.8) is 0 Å². The summed E-state index contributed by atoms with van der Waals surface area (Å²) in [7, 11) is -3.79. The van der Waals surface area contributed by atoms with Crippen molar-refractivity contribution in [1.82, 2.24) is 0 Å². The molecule has 0 aliphatic heterocycles. The molecule has 0 unspecified atom stereocenters. The van der Waals surface area contributed by atoms with Crippen LogP contribution in [0.1, 0.15) is 11.1 Å². The molecule has 2 rings (SSSR count). The molecule has 6 heteroatoms. The first-order valence-corrected chi connectivity index (χ1v) is 7.43. The fourth-order valence-corrected chi connectivity index (χ4v) is 3.18. The van der Waals surface area contributed by atoms with Crippen molar-refractivity contribution >= 4 is 27.3 Å². The normalized spacial score (nSPS) is 10.8. The van der Waals surface area contributed by atoms with Gasteiger partial charge in [-0.3, -0.25) is 4.72 Å². The van der Waals surface area contributed by atoms with Crippen molar-refractivity contribution in [3.05, 3.63) is 65.5 Å². The molecular weight excluding hydrogens is 296 g/mol. The number of nitrogens with one attached hydrogen (secondary N) is 1. The lowest BCUT2D eigenvalue weighted by Crippen LogP contribution is -2.13. The Kier molecular flexibility index (Phi) is 3.98. The zero-order valence-electron chi connectivity index (χ0n) is 10.3. The number of hydrogen-bond donors (Lipinski definition) is 1.